The van der Waals surface area contributed by atoms with Crippen LogP contribution in [0.5, 0.6) is 0 Å². The summed E-state index contributed by atoms with van der Waals surface area (Å²) in [7, 11) is 0. The molecule has 0 spiro atoms. The summed E-state index contributed by atoms with van der Waals surface area (Å²) in [5, 5.41) is 0.637. The van der Waals surface area contributed by atoms with Gasteiger partial charge in [0, 0.05) is 11.8 Å². The SMILES string of the molecule is FC(Cl)CCBr. The van der Waals surface area contributed by atoms with E-state index in [2.05, 4.69) is 15.9 Å². The Morgan fingerprint density at radius 3 is 2.33 bits per heavy atom. The predicted octanol–water partition coefficient (Wildman–Crippen LogP) is 2.31. The molecule has 0 fully saturated rings. The molecule has 0 aliphatic rings. The second-order valence-corrected chi connectivity index (χ2v) is 2.14. The maximum atomic E-state index is 11.4. The molecule has 0 aromatic heterocycles. The van der Waals surface area contributed by atoms with Gasteiger partial charge in [-0.05, 0) is 0 Å². The van der Waals surface area contributed by atoms with Gasteiger partial charge in [-0.3, -0.25) is 0 Å². The molecule has 0 heterocycles. The smallest absolute Gasteiger partial charge is 0.174 e. The fourth-order valence-corrected chi connectivity index (χ4v) is 0.857. The van der Waals surface area contributed by atoms with Crippen LogP contribution in [0.3, 0.4) is 0 Å². The van der Waals surface area contributed by atoms with Crippen LogP contribution in [0.4, 0.5) is 4.39 Å². The van der Waals surface area contributed by atoms with Crippen molar-refractivity contribution in [3.05, 3.63) is 0 Å². The molecule has 0 aliphatic carbocycles. The van der Waals surface area contributed by atoms with Crippen molar-refractivity contribution in [2.24, 2.45) is 0 Å². The molecule has 0 aromatic carbocycles. The van der Waals surface area contributed by atoms with E-state index in [4.69, 9.17) is 11.6 Å². The van der Waals surface area contributed by atoms with E-state index in [0.717, 1.165) is 0 Å². The van der Waals surface area contributed by atoms with Gasteiger partial charge in [-0.2, -0.15) is 0 Å². The molecule has 0 rings (SSSR count). The third-order valence-electron chi connectivity index (χ3n) is 0.327. The molecular weight excluding hydrogens is 170 g/mol. The zero-order chi connectivity index (χ0) is 4.99. The Bertz CT molecular complexity index is 32.0. The van der Waals surface area contributed by atoms with Crippen molar-refractivity contribution in [1.82, 2.24) is 0 Å². The van der Waals surface area contributed by atoms with Crippen molar-refractivity contribution in [1.29, 1.82) is 0 Å². The molecule has 38 valence electrons. The average Bonchev–Trinajstić information content (AvgIpc) is 1.35. The number of hydrogen-bond donors (Lipinski definition) is 0. The van der Waals surface area contributed by atoms with E-state index in [1.165, 1.54) is 0 Å². The number of hydrogen-bond acceptors (Lipinski definition) is 0. The maximum Gasteiger partial charge on any atom is 0.174 e. The normalized spacial score (nSPS) is 14.5. The second-order valence-electron chi connectivity index (χ2n) is 0.869. The minimum Gasteiger partial charge on any atom is -0.230 e. The van der Waals surface area contributed by atoms with Gasteiger partial charge in [-0.25, -0.2) is 4.39 Å². The summed E-state index contributed by atoms with van der Waals surface area (Å²) in [5.41, 5.74) is -1.18. The molecule has 1 unspecified atom stereocenters. The maximum absolute atomic E-state index is 11.4. The average molecular weight is 175 g/mol. The van der Waals surface area contributed by atoms with Crippen molar-refractivity contribution >= 4 is 27.5 Å². The quantitative estimate of drug-likeness (QED) is 0.565. The summed E-state index contributed by atoms with van der Waals surface area (Å²) in [6, 6.07) is 0. The molecule has 0 N–H and O–H groups in total. The lowest BCUT2D eigenvalue weighted by molar-refractivity contribution is 0.437. The van der Waals surface area contributed by atoms with Crippen molar-refractivity contribution in [3.63, 3.8) is 0 Å². The molecule has 0 aromatic rings. The lowest BCUT2D eigenvalue weighted by Gasteiger charge is -1.88. The van der Waals surface area contributed by atoms with Crippen LogP contribution in [0.15, 0.2) is 0 Å². The summed E-state index contributed by atoms with van der Waals surface area (Å²) in [4.78, 5) is 0. The van der Waals surface area contributed by atoms with Crippen LogP contribution in [0.2, 0.25) is 0 Å². The first-order valence-electron chi connectivity index (χ1n) is 1.61. The highest BCUT2D eigenvalue weighted by Crippen LogP contribution is 2.03. The standard InChI is InChI=1S/C3H5BrClF/c4-2-1-3(5)6/h3H,1-2H2. The van der Waals surface area contributed by atoms with Gasteiger partial charge >= 0.3 is 0 Å². The first kappa shape index (κ1) is 6.70. The fraction of sp³-hybridized carbons (Fsp3) is 1.00. The highest BCUT2D eigenvalue weighted by molar-refractivity contribution is 9.09. The Kier molecular flexibility index (Phi) is 4.33. The van der Waals surface area contributed by atoms with Gasteiger partial charge in [0.25, 0.3) is 0 Å². The van der Waals surface area contributed by atoms with Crippen LogP contribution in [-0.4, -0.2) is 11.0 Å². The predicted molar refractivity (Wildman–Crippen MR) is 29.2 cm³/mol. The Balaban J connectivity index is 2.63. The zero-order valence-corrected chi connectivity index (χ0v) is 5.47. The molecule has 1 atom stereocenters. The topological polar surface area (TPSA) is 0 Å². The summed E-state index contributed by atoms with van der Waals surface area (Å²) >= 11 is 7.91. The Morgan fingerprint density at radius 2 is 2.33 bits per heavy atom. The van der Waals surface area contributed by atoms with Crippen LogP contribution in [-0.2, 0) is 0 Å². The first-order valence-corrected chi connectivity index (χ1v) is 3.17. The molecule has 0 radical (unpaired) electrons. The van der Waals surface area contributed by atoms with E-state index in [0.29, 0.717) is 11.8 Å². The molecular formula is C3H5BrClF. The highest BCUT2D eigenvalue weighted by atomic mass is 79.9. The van der Waals surface area contributed by atoms with Crippen molar-refractivity contribution in [2.45, 2.75) is 12.1 Å². The van der Waals surface area contributed by atoms with Crippen LogP contribution in [0.25, 0.3) is 0 Å². The minimum atomic E-state index is -1.18. The van der Waals surface area contributed by atoms with Gasteiger partial charge < -0.3 is 0 Å². The molecule has 0 saturated heterocycles. The van der Waals surface area contributed by atoms with E-state index in [1.807, 2.05) is 0 Å². The zero-order valence-electron chi connectivity index (χ0n) is 3.13. The van der Waals surface area contributed by atoms with E-state index in [1.54, 1.807) is 0 Å². The highest BCUT2D eigenvalue weighted by Gasteiger charge is 1.94. The van der Waals surface area contributed by atoms with Gasteiger partial charge in [0.05, 0.1) is 0 Å². The molecule has 3 heteroatoms. The molecule has 6 heavy (non-hydrogen) atoms. The summed E-state index contributed by atoms with van der Waals surface area (Å²) in [5.74, 6) is 0. The number of halogens is 3. The molecule has 0 bridgehead atoms. The molecule has 0 nitrogen and oxygen atoms in total. The van der Waals surface area contributed by atoms with E-state index in [-0.39, 0.29) is 0 Å². The minimum absolute atomic E-state index is 0.390. The van der Waals surface area contributed by atoms with Crippen LogP contribution < -0.4 is 0 Å². The lowest BCUT2D eigenvalue weighted by atomic mass is 10.6. The number of rotatable bonds is 2. The van der Waals surface area contributed by atoms with E-state index < -0.39 is 5.63 Å². The third kappa shape index (κ3) is 4.70. The second kappa shape index (κ2) is 3.88. The van der Waals surface area contributed by atoms with Crippen LogP contribution >= 0.6 is 27.5 Å². The van der Waals surface area contributed by atoms with Gasteiger partial charge in [0.15, 0.2) is 5.63 Å². The first-order chi connectivity index (χ1) is 2.77. The van der Waals surface area contributed by atoms with Crippen molar-refractivity contribution in [3.8, 4) is 0 Å². The van der Waals surface area contributed by atoms with E-state index in [9.17, 15) is 4.39 Å². The fourth-order valence-electron chi connectivity index (χ4n) is 0.0825. The largest absolute Gasteiger partial charge is 0.230 e. The van der Waals surface area contributed by atoms with E-state index >= 15 is 0 Å². The summed E-state index contributed by atoms with van der Waals surface area (Å²) in [6.45, 7) is 0. The van der Waals surface area contributed by atoms with Crippen LogP contribution in [0.1, 0.15) is 6.42 Å². The Morgan fingerprint density at radius 1 is 1.83 bits per heavy atom. The van der Waals surface area contributed by atoms with Crippen LogP contribution in [0, 0.1) is 0 Å². The third-order valence-corrected chi connectivity index (χ3v) is 1.00. The van der Waals surface area contributed by atoms with Gasteiger partial charge in [-0.1, -0.05) is 27.5 Å². The van der Waals surface area contributed by atoms with Gasteiger partial charge in [0.1, 0.15) is 0 Å². The van der Waals surface area contributed by atoms with Crippen molar-refractivity contribution in [2.75, 3.05) is 5.33 Å². The lowest BCUT2D eigenvalue weighted by Crippen LogP contribution is -1.86. The van der Waals surface area contributed by atoms with Gasteiger partial charge in [-0.15, -0.1) is 0 Å². The molecule has 0 saturated carbocycles. The van der Waals surface area contributed by atoms with Gasteiger partial charge in [0.2, 0.25) is 0 Å². The molecule has 0 amide bonds. The molecule has 0 aliphatic heterocycles. The summed E-state index contributed by atoms with van der Waals surface area (Å²) in [6.07, 6.45) is 0.390. The number of alkyl halides is 3. The monoisotopic (exact) mass is 174 g/mol. The Labute approximate surface area is 49.8 Å². The summed E-state index contributed by atoms with van der Waals surface area (Å²) < 4.78 is 11.4. The Hall–Kier alpha value is 0.700. The van der Waals surface area contributed by atoms with Crippen molar-refractivity contribution < 1.29 is 4.39 Å².